The summed E-state index contributed by atoms with van der Waals surface area (Å²) >= 11 is 0.998. The summed E-state index contributed by atoms with van der Waals surface area (Å²) in [6.45, 7) is 5.48. The van der Waals surface area contributed by atoms with Crippen molar-refractivity contribution in [1.82, 2.24) is 20.2 Å². The fourth-order valence-electron chi connectivity index (χ4n) is 4.20. The van der Waals surface area contributed by atoms with Gasteiger partial charge in [0.25, 0.3) is 11.8 Å². The third kappa shape index (κ3) is 5.47. The number of aliphatic hydroxyl groups is 1. The molecule has 9 nitrogen and oxygen atoms in total. The standard InChI is InChI=1S/C23H28F3N5O4S/c1-11-7-17(28-13(3)23(24,25)26)27-8-14(11)19-18(22(34)31-6-4-5-12(31)2)30-21(36-19)20(33)29-15-9-35-10-16(15)32/h7-8,12-13,15-16,32H,4-6,9-10H2,1-3H3,(H,27,28)(H,29,33)/t12-,13-,15+,16+/m0/s1. The first-order valence-corrected chi connectivity index (χ1v) is 12.5. The van der Waals surface area contributed by atoms with E-state index in [1.807, 2.05) is 6.92 Å². The molecule has 2 aromatic rings. The van der Waals surface area contributed by atoms with Gasteiger partial charge in [0, 0.05) is 24.3 Å². The first-order chi connectivity index (χ1) is 17.0. The minimum absolute atomic E-state index is 0.0183. The zero-order chi connectivity index (χ0) is 26.2. The van der Waals surface area contributed by atoms with E-state index in [-0.39, 0.29) is 41.7 Å². The summed E-state index contributed by atoms with van der Waals surface area (Å²) in [5.41, 5.74) is 1.16. The Morgan fingerprint density at radius 3 is 2.67 bits per heavy atom. The Kier molecular flexibility index (Phi) is 7.53. The summed E-state index contributed by atoms with van der Waals surface area (Å²) in [5.74, 6) is -0.825. The summed E-state index contributed by atoms with van der Waals surface area (Å²) in [5, 5.41) is 15.0. The molecule has 0 radical (unpaired) electrons. The van der Waals surface area contributed by atoms with Crippen LogP contribution in [-0.2, 0) is 4.74 Å². The van der Waals surface area contributed by atoms with Crippen LogP contribution in [0.3, 0.4) is 0 Å². The lowest BCUT2D eigenvalue weighted by Gasteiger charge is -2.21. The maximum atomic E-state index is 13.4. The molecule has 13 heteroatoms. The predicted molar refractivity (Wildman–Crippen MR) is 127 cm³/mol. The number of amides is 2. The van der Waals surface area contributed by atoms with Crippen LogP contribution in [0.15, 0.2) is 12.3 Å². The van der Waals surface area contributed by atoms with Crippen LogP contribution in [-0.4, -0.2) is 82.0 Å². The lowest BCUT2D eigenvalue weighted by atomic mass is 10.1. The van der Waals surface area contributed by atoms with Crippen LogP contribution in [0.2, 0.25) is 0 Å². The number of pyridine rings is 1. The second kappa shape index (κ2) is 10.3. The molecule has 0 spiro atoms. The molecule has 0 saturated carbocycles. The van der Waals surface area contributed by atoms with Crippen molar-refractivity contribution in [2.75, 3.05) is 25.1 Å². The van der Waals surface area contributed by atoms with Crippen molar-refractivity contribution < 1.29 is 32.6 Å². The molecule has 2 fully saturated rings. The molecule has 2 aliphatic heterocycles. The number of halogens is 3. The molecule has 2 aliphatic rings. The van der Waals surface area contributed by atoms with E-state index < -0.39 is 30.3 Å². The lowest BCUT2D eigenvalue weighted by Crippen LogP contribution is -2.42. The fraction of sp³-hybridized carbons (Fsp3) is 0.565. The second-order valence-electron chi connectivity index (χ2n) is 9.16. The van der Waals surface area contributed by atoms with Gasteiger partial charge < -0.3 is 25.4 Å². The van der Waals surface area contributed by atoms with E-state index in [1.54, 1.807) is 11.8 Å². The first kappa shape index (κ1) is 26.3. The van der Waals surface area contributed by atoms with Crippen molar-refractivity contribution in [3.8, 4) is 10.4 Å². The number of thiazole rings is 1. The number of nitrogens with zero attached hydrogens (tertiary/aromatic N) is 3. The summed E-state index contributed by atoms with van der Waals surface area (Å²) in [7, 11) is 0. The molecule has 0 unspecified atom stereocenters. The number of alkyl halides is 3. The minimum Gasteiger partial charge on any atom is -0.388 e. The Morgan fingerprint density at radius 1 is 1.33 bits per heavy atom. The van der Waals surface area contributed by atoms with Gasteiger partial charge in [0.15, 0.2) is 5.01 Å². The van der Waals surface area contributed by atoms with Gasteiger partial charge in [-0.15, -0.1) is 11.3 Å². The second-order valence-corrected chi connectivity index (χ2v) is 10.2. The van der Waals surface area contributed by atoms with E-state index in [2.05, 4.69) is 20.6 Å². The van der Waals surface area contributed by atoms with Crippen molar-refractivity contribution in [3.63, 3.8) is 0 Å². The molecule has 2 amide bonds. The number of ether oxygens (including phenoxy) is 1. The third-order valence-electron chi connectivity index (χ3n) is 6.42. The first-order valence-electron chi connectivity index (χ1n) is 11.6. The molecule has 2 saturated heterocycles. The normalized spacial score (nSPS) is 23.1. The van der Waals surface area contributed by atoms with Gasteiger partial charge in [-0.1, -0.05) is 0 Å². The summed E-state index contributed by atoms with van der Waals surface area (Å²) in [6.07, 6.45) is -2.17. The molecule has 4 atom stereocenters. The molecule has 0 bridgehead atoms. The van der Waals surface area contributed by atoms with E-state index in [4.69, 9.17) is 4.74 Å². The van der Waals surface area contributed by atoms with Gasteiger partial charge in [0.1, 0.15) is 17.6 Å². The quantitative estimate of drug-likeness (QED) is 0.529. The highest BCUT2D eigenvalue weighted by molar-refractivity contribution is 7.17. The predicted octanol–water partition coefficient (Wildman–Crippen LogP) is 2.99. The van der Waals surface area contributed by atoms with Crippen LogP contribution < -0.4 is 10.6 Å². The third-order valence-corrected chi connectivity index (χ3v) is 7.50. The monoisotopic (exact) mass is 527 g/mol. The van der Waals surface area contributed by atoms with Crippen molar-refractivity contribution in [2.24, 2.45) is 0 Å². The maximum absolute atomic E-state index is 13.4. The number of hydrogen-bond donors (Lipinski definition) is 3. The Balaban J connectivity index is 1.67. The summed E-state index contributed by atoms with van der Waals surface area (Å²) < 4.78 is 44.0. The maximum Gasteiger partial charge on any atom is 0.408 e. The van der Waals surface area contributed by atoms with Gasteiger partial charge in [0.05, 0.1) is 30.2 Å². The van der Waals surface area contributed by atoms with Gasteiger partial charge in [-0.3, -0.25) is 9.59 Å². The number of hydrogen-bond acceptors (Lipinski definition) is 8. The Labute approximate surface area is 210 Å². The van der Waals surface area contributed by atoms with E-state index in [1.165, 1.54) is 12.3 Å². The Bertz CT molecular complexity index is 1140. The largest absolute Gasteiger partial charge is 0.408 e. The lowest BCUT2D eigenvalue weighted by molar-refractivity contribution is -0.138. The highest BCUT2D eigenvalue weighted by Crippen LogP contribution is 2.35. The van der Waals surface area contributed by atoms with Gasteiger partial charge in [-0.05, 0) is 45.2 Å². The molecule has 2 aromatic heterocycles. The van der Waals surface area contributed by atoms with Crippen molar-refractivity contribution in [3.05, 3.63) is 28.5 Å². The molecular weight excluding hydrogens is 499 g/mol. The topological polar surface area (TPSA) is 117 Å². The number of aliphatic hydroxyl groups excluding tert-OH is 1. The van der Waals surface area contributed by atoms with Gasteiger partial charge >= 0.3 is 6.18 Å². The molecule has 36 heavy (non-hydrogen) atoms. The number of carbonyl (C=O) groups is 2. The summed E-state index contributed by atoms with van der Waals surface area (Å²) in [4.78, 5) is 37.0. The zero-order valence-corrected chi connectivity index (χ0v) is 20.9. The highest BCUT2D eigenvalue weighted by atomic mass is 32.1. The molecule has 0 aromatic carbocycles. The smallest absolute Gasteiger partial charge is 0.388 e. The van der Waals surface area contributed by atoms with E-state index >= 15 is 0 Å². The van der Waals surface area contributed by atoms with Gasteiger partial charge in [0.2, 0.25) is 0 Å². The van der Waals surface area contributed by atoms with E-state index in [0.29, 0.717) is 22.5 Å². The van der Waals surface area contributed by atoms with Crippen molar-refractivity contribution >= 4 is 29.0 Å². The van der Waals surface area contributed by atoms with Crippen LogP contribution >= 0.6 is 11.3 Å². The Morgan fingerprint density at radius 2 is 2.08 bits per heavy atom. The molecule has 0 aliphatic carbocycles. The van der Waals surface area contributed by atoms with Gasteiger partial charge in [-0.2, -0.15) is 13.2 Å². The molecule has 4 heterocycles. The van der Waals surface area contributed by atoms with E-state index in [0.717, 1.165) is 31.1 Å². The molecular formula is C23H28F3N5O4S. The van der Waals surface area contributed by atoms with Crippen LogP contribution in [0.1, 0.15) is 52.5 Å². The number of anilines is 1. The van der Waals surface area contributed by atoms with Crippen LogP contribution in [0.4, 0.5) is 19.0 Å². The van der Waals surface area contributed by atoms with Crippen molar-refractivity contribution in [2.45, 2.75) is 64.0 Å². The van der Waals surface area contributed by atoms with Crippen LogP contribution in [0.25, 0.3) is 10.4 Å². The number of carbonyl (C=O) groups excluding carboxylic acids is 2. The molecule has 4 rings (SSSR count). The SMILES string of the molecule is Cc1cc(N[C@@H](C)C(F)(F)F)ncc1-c1sc(C(=O)N[C@@H]2COC[C@H]2O)nc1C(=O)N1CCC[C@@H]1C. The Hall–Kier alpha value is -2.77. The number of nitrogens with one attached hydrogen (secondary N) is 2. The number of rotatable bonds is 6. The number of likely N-dealkylation sites (tertiary alicyclic amines) is 1. The summed E-state index contributed by atoms with van der Waals surface area (Å²) in [6, 6.07) is -0.898. The van der Waals surface area contributed by atoms with Gasteiger partial charge in [-0.25, -0.2) is 9.97 Å². The number of aryl methyl sites for hydroxylation is 1. The average molecular weight is 528 g/mol. The molecule has 196 valence electrons. The van der Waals surface area contributed by atoms with Crippen LogP contribution in [0, 0.1) is 6.92 Å². The highest BCUT2D eigenvalue weighted by Gasteiger charge is 2.37. The van der Waals surface area contributed by atoms with E-state index in [9.17, 15) is 27.9 Å². The average Bonchev–Trinajstić information content (AvgIpc) is 3.53. The van der Waals surface area contributed by atoms with Crippen LogP contribution in [0.5, 0.6) is 0 Å². The zero-order valence-electron chi connectivity index (χ0n) is 20.1. The number of aromatic nitrogens is 2. The minimum atomic E-state index is -4.43. The van der Waals surface area contributed by atoms with Crippen molar-refractivity contribution in [1.29, 1.82) is 0 Å². The molecule has 3 N–H and O–H groups in total. The fourth-order valence-corrected chi connectivity index (χ4v) is 5.24.